The first-order valence-electron chi connectivity index (χ1n) is 11.8. The molecule has 5 rings (SSSR count). The van der Waals surface area contributed by atoms with Crippen molar-refractivity contribution in [2.75, 3.05) is 38.2 Å². The van der Waals surface area contributed by atoms with E-state index < -0.39 is 5.82 Å². The van der Waals surface area contributed by atoms with Crippen molar-refractivity contribution in [3.8, 4) is 34.3 Å². The molecule has 2 aliphatic rings. The van der Waals surface area contributed by atoms with E-state index in [0.717, 1.165) is 39.0 Å². The topological polar surface area (TPSA) is 83.2 Å². The van der Waals surface area contributed by atoms with Crippen LogP contribution in [0, 0.1) is 22.6 Å². The Balaban J connectivity index is 1.63. The van der Waals surface area contributed by atoms with E-state index in [-0.39, 0.29) is 11.1 Å². The summed E-state index contributed by atoms with van der Waals surface area (Å²) in [7, 11) is 3.28. The fourth-order valence-corrected chi connectivity index (χ4v) is 5.38. The van der Waals surface area contributed by atoms with Gasteiger partial charge in [-0.25, -0.2) is 9.37 Å². The van der Waals surface area contributed by atoms with E-state index in [1.165, 1.54) is 18.6 Å². The molecule has 0 unspecified atom stereocenters. The Morgan fingerprint density at radius 1 is 1.14 bits per heavy atom. The molecule has 0 amide bonds. The maximum atomic E-state index is 14.6. The van der Waals surface area contributed by atoms with Crippen LogP contribution in [0.25, 0.3) is 22.4 Å². The van der Waals surface area contributed by atoms with Gasteiger partial charge in [0.25, 0.3) is 5.56 Å². The lowest BCUT2D eigenvalue weighted by Crippen LogP contribution is -2.43. The summed E-state index contributed by atoms with van der Waals surface area (Å²) >= 11 is 0. The van der Waals surface area contributed by atoms with Gasteiger partial charge in [0.1, 0.15) is 17.6 Å². The van der Waals surface area contributed by atoms with Crippen molar-refractivity contribution in [2.24, 2.45) is 12.5 Å². The van der Waals surface area contributed by atoms with Crippen LogP contribution in [-0.4, -0.2) is 42.8 Å². The zero-order valence-electron chi connectivity index (χ0n) is 20.0. The van der Waals surface area contributed by atoms with Gasteiger partial charge < -0.3 is 19.5 Å². The highest BCUT2D eigenvalue weighted by atomic mass is 19.1. The predicted octanol–water partition coefficient (Wildman–Crippen LogP) is 3.71. The molecule has 1 aromatic carbocycles. The number of methoxy groups -OCH3 is 1. The van der Waals surface area contributed by atoms with Gasteiger partial charge in [0.05, 0.1) is 18.4 Å². The number of nitrogens with one attached hydrogen (secondary N) is 1. The Bertz CT molecular complexity index is 1340. The first-order valence-corrected chi connectivity index (χ1v) is 11.8. The molecule has 8 heteroatoms. The zero-order chi connectivity index (χ0) is 24.6. The molecule has 0 radical (unpaired) electrons. The van der Waals surface area contributed by atoms with Crippen LogP contribution in [0.4, 0.5) is 10.1 Å². The standard InChI is InChI=1S/C27H28FN5O2/c1-32-25(20-5-6-24(35-2)31-16-20)21(18-3-4-19(15-29)22(28)13-18)14-23(26(32)34)33-11-8-27(9-12-33)7-10-30-17-27/h3-6,13-14,16,30H,7-12,17H2,1-2H3. The van der Waals surface area contributed by atoms with Crippen LogP contribution in [0.1, 0.15) is 24.8 Å². The Morgan fingerprint density at radius 3 is 2.51 bits per heavy atom. The molecule has 1 spiro atoms. The van der Waals surface area contributed by atoms with Crippen molar-refractivity contribution in [3.05, 3.63) is 64.3 Å². The van der Waals surface area contributed by atoms with E-state index in [9.17, 15) is 14.4 Å². The number of hydrogen-bond donors (Lipinski definition) is 1. The number of nitrogens with zero attached hydrogens (tertiary/aromatic N) is 4. The number of piperidine rings is 1. The number of rotatable bonds is 4. The highest BCUT2D eigenvalue weighted by molar-refractivity contribution is 5.83. The molecule has 2 fully saturated rings. The zero-order valence-corrected chi connectivity index (χ0v) is 20.0. The Morgan fingerprint density at radius 2 is 1.91 bits per heavy atom. The minimum Gasteiger partial charge on any atom is -0.481 e. The van der Waals surface area contributed by atoms with Gasteiger partial charge in [-0.1, -0.05) is 6.07 Å². The average molecular weight is 474 g/mol. The average Bonchev–Trinajstić information content (AvgIpc) is 3.34. The minimum atomic E-state index is -0.590. The van der Waals surface area contributed by atoms with E-state index in [2.05, 4.69) is 15.2 Å². The number of pyridine rings is 2. The normalized spacial score (nSPS) is 16.9. The number of aromatic nitrogens is 2. The van der Waals surface area contributed by atoms with E-state index in [4.69, 9.17) is 4.74 Å². The van der Waals surface area contributed by atoms with Gasteiger partial charge in [-0.05, 0) is 61.1 Å². The van der Waals surface area contributed by atoms with Crippen molar-refractivity contribution < 1.29 is 9.13 Å². The molecule has 0 aliphatic carbocycles. The summed E-state index contributed by atoms with van der Waals surface area (Å²) in [5, 5.41) is 12.7. The number of halogens is 1. The molecular formula is C27H28FN5O2. The quantitative estimate of drug-likeness (QED) is 0.622. The molecule has 180 valence electrons. The largest absolute Gasteiger partial charge is 0.481 e. The monoisotopic (exact) mass is 473 g/mol. The maximum absolute atomic E-state index is 14.6. The number of ether oxygens (including phenoxy) is 1. The van der Waals surface area contributed by atoms with Crippen LogP contribution in [-0.2, 0) is 7.05 Å². The highest BCUT2D eigenvalue weighted by Gasteiger charge is 2.37. The Labute approximate surface area is 203 Å². The van der Waals surface area contributed by atoms with Gasteiger partial charge in [0.2, 0.25) is 5.88 Å². The summed E-state index contributed by atoms with van der Waals surface area (Å²) < 4.78 is 21.4. The second-order valence-electron chi connectivity index (χ2n) is 9.47. The first kappa shape index (κ1) is 23.1. The summed E-state index contributed by atoms with van der Waals surface area (Å²) in [5.41, 5.74) is 3.47. The lowest BCUT2D eigenvalue weighted by Gasteiger charge is -2.40. The minimum absolute atomic E-state index is 0.0158. The third-order valence-corrected chi connectivity index (χ3v) is 7.51. The van der Waals surface area contributed by atoms with Crippen molar-refractivity contribution in [1.82, 2.24) is 14.9 Å². The van der Waals surface area contributed by atoms with Crippen LogP contribution in [0.2, 0.25) is 0 Å². The second kappa shape index (κ2) is 9.16. The molecule has 4 heterocycles. The van der Waals surface area contributed by atoms with Crippen LogP contribution in [0.3, 0.4) is 0 Å². The fraction of sp³-hybridized carbons (Fsp3) is 0.370. The van der Waals surface area contributed by atoms with Gasteiger partial charge in [0.15, 0.2) is 0 Å². The van der Waals surface area contributed by atoms with E-state index >= 15 is 0 Å². The van der Waals surface area contributed by atoms with E-state index in [1.807, 2.05) is 18.2 Å². The summed E-state index contributed by atoms with van der Waals surface area (Å²) in [6, 6.07) is 11.9. The third-order valence-electron chi connectivity index (χ3n) is 7.51. The molecule has 35 heavy (non-hydrogen) atoms. The van der Waals surface area contributed by atoms with Gasteiger partial charge >= 0.3 is 0 Å². The smallest absolute Gasteiger partial charge is 0.274 e. The fourth-order valence-electron chi connectivity index (χ4n) is 5.38. The van der Waals surface area contributed by atoms with Crippen LogP contribution in [0.5, 0.6) is 5.88 Å². The van der Waals surface area contributed by atoms with Gasteiger partial charge in [-0.2, -0.15) is 5.26 Å². The lowest BCUT2D eigenvalue weighted by molar-refractivity contribution is 0.247. The maximum Gasteiger partial charge on any atom is 0.274 e. The molecule has 0 atom stereocenters. The molecule has 2 aromatic heterocycles. The molecule has 3 aromatic rings. The molecular weight excluding hydrogens is 445 g/mol. The predicted molar refractivity (Wildman–Crippen MR) is 133 cm³/mol. The highest BCUT2D eigenvalue weighted by Crippen LogP contribution is 2.39. The summed E-state index contributed by atoms with van der Waals surface area (Å²) in [6.45, 7) is 3.71. The second-order valence-corrected chi connectivity index (χ2v) is 9.47. The number of anilines is 1. The van der Waals surface area contributed by atoms with Crippen molar-refractivity contribution >= 4 is 5.69 Å². The van der Waals surface area contributed by atoms with E-state index in [0.29, 0.717) is 39.4 Å². The SMILES string of the molecule is COc1ccc(-c2c(-c3ccc(C#N)c(F)c3)cc(N3CCC4(CCNC4)CC3)c(=O)n2C)cn1. The number of hydrogen-bond acceptors (Lipinski definition) is 6. The molecule has 0 bridgehead atoms. The van der Waals surface area contributed by atoms with Gasteiger partial charge in [-0.15, -0.1) is 0 Å². The molecule has 0 saturated carbocycles. The Kier molecular flexibility index (Phi) is 6.03. The first-order chi connectivity index (χ1) is 16.9. The third kappa shape index (κ3) is 4.17. The molecule has 7 nitrogen and oxygen atoms in total. The van der Waals surface area contributed by atoms with Crippen LogP contribution in [0.15, 0.2) is 47.4 Å². The van der Waals surface area contributed by atoms with Crippen LogP contribution < -0.4 is 20.5 Å². The van der Waals surface area contributed by atoms with Gasteiger partial charge in [-0.3, -0.25) is 4.79 Å². The Hall–Kier alpha value is -3.70. The van der Waals surface area contributed by atoms with Crippen LogP contribution >= 0.6 is 0 Å². The van der Waals surface area contributed by atoms with Gasteiger partial charge in [0, 0.05) is 50.1 Å². The van der Waals surface area contributed by atoms with E-state index in [1.54, 1.807) is 37.1 Å². The number of nitriles is 1. The van der Waals surface area contributed by atoms with Crippen molar-refractivity contribution in [1.29, 1.82) is 5.26 Å². The molecule has 2 aliphatic heterocycles. The van der Waals surface area contributed by atoms with Crippen molar-refractivity contribution in [2.45, 2.75) is 19.3 Å². The lowest BCUT2D eigenvalue weighted by atomic mass is 9.78. The molecule has 2 saturated heterocycles. The van der Waals surface area contributed by atoms with Crippen molar-refractivity contribution in [3.63, 3.8) is 0 Å². The molecule has 1 N–H and O–H groups in total. The summed E-state index contributed by atoms with van der Waals surface area (Å²) in [5.74, 6) is -0.127. The number of benzene rings is 1. The summed E-state index contributed by atoms with van der Waals surface area (Å²) in [4.78, 5) is 20.1. The summed E-state index contributed by atoms with van der Waals surface area (Å²) in [6.07, 6.45) is 4.90.